The Bertz CT molecular complexity index is 576. The second-order valence-corrected chi connectivity index (χ2v) is 4.76. The summed E-state index contributed by atoms with van der Waals surface area (Å²) in [5.74, 6) is -1.16. The van der Waals surface area contributed by atoms with Crippen LogP contribution >= 0.6 is 11.6 Å². The Hall–Kier alpha value is -1.81. The fourth-order valence-electron chi connectivity index (χ4n) is 1.90. The van der Waals surface area contributed by atoms with Crippen LogP contribution in [0.2, 0.25) is 5.02 Å². The average molecular weight is 266 g/mol. The van der Waals surface area contributed by atoms with E-state index in [1.807, 2.05) is 0 Å². The highest BCUT2D eigenvalue weighted by molar-refractivity contribution is 6.31. The molecule has 1 amide bonds. The molecule has 0 saturated heterocycles. The van der Waals surface area contributed by atoms with Crippen LogP contribution < -0.4 is 0 Å². The average Bonchev–Trinajstić information content (AvgIpc) is 2.30. The zero-order valence-corrected chi connectivity index (χ0v) is 10.8. The molecule has 0 radical (unpaired) electrons. The van der Waals surface area contributed by atoms with Gasteiger partial charge in [0.25, 0.3) is 5.91 Å². The van der Waals surface area contributed by atoms with Gasteiger partial charge in [0.15, 0.2) is 5.78 Å². The van der Waals surface area contributed by atoms with Crippen molar-refractivity contribution in [2.45, 2.75) is 6.42 Å². The maximum Gasteiger partial charge on any atom is 0.260 e. The topological polar surface area (TPSA) is 57.6 Å². The summed E-state index contributed by atoms with van der Waals surface area (Å²) in [6.07, 6.45) is 0.103. The SMILES string of the molecule is CN(C)C(=O)C1=C(O)c2cc(Cl)ccc2CC1=O. The van der Waals surface area contributed by atoms with Gasteiger partial charge in [0.2, 0.25) is 0 Å². The molecule has 2 rings (SSSR count). The van der Waals surface area contributed by atoms with Crippen molar-refractivity contribution in [2.75, 3.05) is 14.1 Å². The van der Waals surface area contributed by atoms with Crippen LogP contribution in [0, 0.1) is 0 Å². The number of fused-ring (bicyclic) bond motifs is 1. The van der Waals surface area contributed by atoms with Crippen molar-refractivity contribution in [3.63, 3.8) is 0 Å². The number of ketones is 1. The molecule has 0 unspecified atom stereocenters. The number of rotatable bonds is 1. The van der Waals surface area contributed by atoms with Crippen LogP contribution in [-0.4, -0.2) is 35.8 Å². The maximum atomic E-state index is 11.9. The monoisotopic (exact) mass is 265 g/mol. The van der Waals surface area contributed by atoms with Gasteiger partial charge in [0, 0.05) is 31.1 Å². The number of aliphatic hydroxyl groups is 1. The molecule has 1 aliphatic rings. The van der Waals surface area contributed by atoms with Crippen LogP contribution in [0.4, 0.5) is 0 Å². The van der Waals surface area contributed by atoms with E-state index in [0.29, 0.717) is 16.1 Å². The second-order valence-electron chi connectivity index (χ2n) is 4.32. The summed E-state index contributed by atoms with van der Waals surface area (Å²) in [6.45, 7) is 0. The number of carbonyl (C=O) groups is 2. The first-order chi connectivity index (χ1) is 8.41. The minimum absolute atomic E-state index is 0.103. The zero-order chi connectivity index (χ0) is 13.4. The van der Waals surface area contributed by atoms with Crippen molar-refractivity contribution < 1.29 is 14.7 Å². The molecule has 0 aromatic heterocycles. The molecule has 0 spiro atoms. The minimum Gasteiger partial charge on any atom is -0.506 e. The highest BCUT2D eigenvalue weighted by Crippen LogP contribution is 2.30. The van der Waals surface area contributed by atoms with Gasteiger partial charge < -0.3 is 10.0 Å². The van der Waals surface area contributed by atoms with Gasteiger partial charge in [-0.25, -0.2) is 0 Å². The van der Waals surface area contributed by atoms with E-state index in [2.05, 4.69) is 0 Å². The molecule has 0 fully saturated rings. The largest absolute Gasteiger partial charge is 0.506 e. The molecule has 0 saturated carbocycles. The first-order valence-corrected chi connectivity index (χ1v) is 5.76. The highest BCUT2D eigenvalue weighted by atomic mass is 35.5. The molecule has 0 aliphatic heterocycles. The van der Waals surface area contributed by atoms with Crippen LogP contribution in [0.5, 0.6) is 0 Å². The molecule has 1 N–H and O–H groups in total. The minimum atomic E-state index is -0.497. The fourth-order valence-corrected chi connectivity index (χ4v) is 2.07. The van der Waals surface area contributed by atoms with Crippen LogP contribution in [0.1, 0.15) is 11.1 Å². The summed E-state index contributed by atoms with van der Waals surface area (Å²) in [5.41, 5.74) is 0.958. The van der Waals surface area contributed by atoms with Crippen molar-refractivity contribution in [2.24, 2.45) is 0 Å². The van der Waals surface area contributed by atoms with Crippen LogP contribution in [0.3, 0.4) is 0 Å². The van der Waals surface area contributed by atoms with E-state index in [9.17, 15) is 14.7 Å². The van der Waals surface area contributed by atoms with E-state index in [-0.39, 0.29) is 23.5 Å². The lowest BCUT2D eigenvalue weighted by molar-refractivity contribution is -0.127. The number of amides is 1. The standard InChI is InChI=1S/C13H12ClNO3/c1-15(2)13(18)11-10(16)5-7-3-4-8(14)6-9(7)12(11)17/h3-4,6,17H,5H2,1-2H3. The molecule has 4 nitrogen and oxygen atoms in total. The summed E-state index contributed by atoms with van der Waals surface area (Å²) < 4.78 is 0. The number of benzene rings is 1. The summed E-state index contributed by atoms with van der Waals surface area (Å²) in [5, 5.41) is 10.5. The molecular formula is C13H12ClNO3. The van der Waals surface area contributed by atoms with Gasteiger partial charge in [0.1, 0.15) is 11.3 Å². The van der Waals surface area contributed by atoms with Crippen molar-refractivity contribution in [3.05, 3.63) is 39.9 Å². The Balaban J connectivity index is 2.62. The number of carbonyl (C=O) groups excluding carboxylic acids is 2. The van der Waals surface area contributed by atoms with E-state index in [0.717, 1.165) is 0 Å². The lowest BCUT2D eigenvalue weighted by Gasteiger charge is -2.20. The van der Waals surface area contributed by atoms with E-state index in [1.54, 1.807) is 18.2 Å². The van der Waals surface area contributed by atoms with Crippen molar-refractivity contribution in [1.82, 2.24) is 4.90 Å². The zero-order valence-electron chi connectivity index (χ0n) is 10.0. The van der Waals surface area contributed by atoms with E-state index in [4.69, 9.17) is 11.6 Å². The quantitative estimate of drug-likeness (QED) is 0.788. The molecule has 18 heavy (non-hydrogen) atoms. The lowest BCUT2D eigenvalue weighted by atomic mass is 9.89. The predicted octanol–water partition coefficient (Wildman–Crippen LogP) is 1.82. The highest BCUT2D eigenvalue weighted by Gasteiger charge is 2.31. The third kappa shape index (κ3) is 1.99. The number of aliphatic hydroxyl groups excluding tert-OH is 1. The number of nitrogens with zero attached hydrogens (tertiary/aromatic N) is 1. The molecule has 0 atom stereocenters. The van der Waals surface area contributed by atoms with Crippen molar-refractivity contribution in [1.29, 1.82) is 0 Å². The summed E-state index contributed by atoms with van der Waals surface area (Å²) in [7, 11) is 3.06. The maximum absolute atomic E-state index is 11.9. The molecule has 0 heterocycles. The summed E-state index contributed by atoms with van der Waals surface area (Å²) in [4.78, 5) is 25.0. The van der Waals surface area contributed by atoms with Crippen LogP contribution in [0.15, 0.2) is 23.8 Å². The Morgan fingerprint density at radius 1 is 1.39 bits per heavy atom. The smallest absolute Gasteiger partial charge is 0.260 e. The number of halogens is 1. The Morgan fingerprint density at radius 2 is 2.06 bits per heavy atom. The van der Waals surface area contributed by atoms with Crippen molar-refractivity contribution >= 4 is 29.1 Å². The summed E-state index contributed by atoms with van der Waals surface area (Å²) in [6, 6.07) is 4.89. The first-order valence-electron chi connectivity index (χ1n) is 5.38. The lowest BCUT2D eigenvalue weighted by Crippen LogP contribution is -2.31. The van der Waals surface area contributed by atoms with E-state index in [1.165, 1.54) is 19.0 Å². The van der Waals surface area contributed by atoms with Gasteiger partial charge in [-0.1, -0.05) is 17.7 Å². The molecule has 94 valence electrons. The van der Waals surface area contributed by atoms with Crippen LogP contribution in [-0.2, 0) is 16.0 Å². The molecule has 1 aliphatic carbocycles. The number of hydrogen-bond acceptors (Lipinski definition) is 3. The molecular weight excluding hydrogens is 254 g/mol. The Labute approximate surface area is 109 Å². The summed E-state index contributed by atoms with van der Waals surface area (Å²) >= 11 is 5.85. The van der Waals surface area contributed by atoms with Gasteiger partial charge in [-0.3, -0.25) is 9.59 Å². The fraction of sp³-hybridized carbons (Fsp3) is 0.231. The van der Waals surface area contributed by atoms with Gasteiger partial charge >= 0.3 is 0 Å². The van der Waals surface area contributed by atoms with E-state index < -0.39 is 5.91 Å². The number of hydrogen-bond donors (Lipinski definition) is 1. The van der Waals surface area contributed by atoms with Crippen molar-refractivity contribution in [3.8, 4) is 0 Å². The predicted molar refractivity (Wildman–Crippen MR) is 68.4 cm³/mol. The number of likely N-dealkylation sites (N-methyl/N-ethyl adjacent to an activating group) is 1. The molecule has 1 aromatic rings. The second kappa shape index (κ2) is 4.46. The van der Waals surface area contributed by atoms with E-state index >= 15 is 0 Å². The molecule has 1 aromatic carbocycles. The third-order valence-electron chi connectivity index (χ3n) is 2.81. The van der Waals surface area contributed by atoms with Crippen LogP contribution in [0.25, 0.3) is 5.76 Å². The Morgan fingerprint density at radius 3 is 2.67 bits per heavy atom. The van der Waals surface area contributed by atoms with Gasteiger partial charge in [-0.05, 0) is 17.7 Å². The van der Waals surface area contributed by atoms with Gasteiger partial charge in [-0.15, -0.1) is 0 Å². The normalized spacial score (nSPS) is 14.5. The van der Waals surface area contributed by atoms with Gasteiger partial charge in [-0.2, -0.15) is 0 Å². The Kier molecular flexibility index (Phi) is 3.13. The van der Waals surface area contributed by atoms with Gasteiger partial charge in [0.05, 0.1) is 0 Å². The third-order valence-corrected chi connectivity index (χ3v) is 3.05. The number of Topliss-reactive ketones (excluding diaryl/α,β-unsaturated/α-hetero) is 1. The first kappa shape index (κ1) is 12.6. The molecule has 5 heteroatoms. The molecule has 0 bridgehead atoms.